The van der Waals surface area contributed by atoms with E-state index in [9.17, 15) is 5.11 Å². The van der Waals surface area contributed by atoms with Crippen molar-refractivity contribution in [1.82, 2.24) is 0 Å². The summed E-state index contributed by atoms with van der Waals surface area (Å²) in [4.78, 5) is 0. The maximum atomic E-state index is 9.77. The first-order valence-corrected chi connectivity index (χ1v) is 5.61. The van der Waals surface area contributed by atoms with Gasteiger partial charge in [0.05, 0.1) is 18.3 Å². The molecule has 1 aliphatic rings. The van der Waals surface area contributed by atoms with Gasteiger partial charge in [-0.2, -0.15) is 0 Å². The third-order valence-corrected chi connectivity index (χ3v) is 2.97. The van der Waals surface area contributed by atoms with E-state index < -0.39 is 24.3 Å². The molecule has 1 fully saturated rings. The Morgan fingerprint density at radius 2 is 2.12 bits per heavy atom. The van der Waals surface area contributed by atoms with E-state index in [0.29, 0.717) is 0 Å². The summed E-state index contributed by atoms with van der Waals surface area (Å²) in [6.07, 6.45) is -1.18. The maximum absolute atomic E-state index is 9.77. The Morgan fingerprint density at radius 3 is 2.47 bits per heavy atom. The van der Waals surface area contributed by atoms with Crippen molar-refractivity contribution in [2.24, 2.45) is 0 Å². The van der Waals surface area contributed by atoms with E-state index in [1.54, 1.807) is 7.11 Å². The fourth-order valence-electron chi connectivity index (χ4n) is 1.95. The van der Waals surface area contributed by atoms with Crippen LogP contribution in [-0.2, 0) is 34.0 Å². The van der Waals surface area contributed by atoms with Gasteiger partial charge >= 0.3 is 19.8 Å². The summed E-state index contributed by atoms with van der Waals surface area (Å²) >= 11 is 0. The second kappa shape index (κ2) is 7.86. The minimum absolute atomic E-state index is 0. The monoisotopic (exact) mass is 419 g/mol. The maximum Gasteiger partial charge on any atom is 1.00 e. The van der Waals surface area contributed by atoms with Crippen molar-refractivity contribution in [3.63, 3.8) is 0 Å². The van der Waals surface area contributed by atoms with E-state index in [1.165, 1.54) is 0 Å². The van der Waals surface area contributed by atoms with Crippen LogP contribution in [0.4, 0.5) is 0 Å². The third-order valence-electron chi connectivity index (χ3n) is 2.97. The standard InChI is InChI=1S/C11H20BO4.Os/c1-5-8(14-4)6(2)15-10-9(13)7(3)16-11(10)12;/h6-11,13H,3,5H2,1-2,4H3;/q-1;+1/t6-,7+,8-,9?,10?,11+;/m0./s1. The summed E-state index contributed by atoms with van der Waals surface area (Å²) in [7, 11) is 7.34. The van der Waals surface area contributed by atoms with Gasteiger partial charge in [0.2, 0.25) is 0 Å². The number of aliphatic hydroxyl groups is 1. The first kappa shape index (κ1) is 17.5. The van der Waals surface area contributed by atoms with Gasteiger partial charge in [0.1, 0.15) is 14.0 Å². The first-order valence-electron chi connectivity index (χ1n) is 5.61. The average Bonchev–Trinajstić information content (AvgIpc) is 2.47. The molecular weight excluding hydrogens is 397 g/mol. The SMILES string of the molecule is [B][C@@H]1O[C@H]([CH2-])C(O)C1O[C@@H](C)[C@H](CC)OC.[Os+]. The number of ether oxygens (including phenoxy) is 3. The molecule has 99 valence electrons. The Bertz CT molecular complexity index is 216. The molecule has 17 heavy (non-hydrogen) atoms. The van der Waals surface area contributed by atoms with Gasteiger partial charge in [-0.3, -0.25) is 0 Å². The fraction of sp³-hybridized carbons (Fsp3) is 0.909. The van der Waals surface area contributed by atoms with Crippen molar-refractivity contribution in [3.05, 3.63) is 6.92 Å². The minimum atomic E-state index is -0.785. The molecule has 6 heteroatoms. The van der Waals surface area contributed by atoms with Gasteiger partial charge in [-0.15, -0.1) is 0 Å². The van der Waals surface area contributed by atoms with Crippen molar-refractivity contribution >= 4 is 7.85 Å². The molecule has 4 nitrogen and oxygen atoms in total. The topological polar surface area (TPSA) is 47.9 Å². The second-order valence-corrected chi connectivity index (χ2v) is 4.12. The third kappa shape index (κ3) is 4.29. The molecule has 2 unspecified atom stereocenters. The summed E-state index contributed by atoms with van der Waals surface area (Å²) in [5.74, 6) is 0. The van der Waals surface area contributed by atoms with Crippen molar-refractivity contribution in [2.75, 3.05) is 7.11 Å². The van der Waals surface area contributed by atoms with Crippen molar-refractivity contribution < 1.29 is 39.1 Å². The zero-order valence-corrected chi connectivity index (χ0v) is 13.0. The normalized spacial score (nSPS) is 36.3. The number of methoxy groups -OCH3 is 1. The van der Waals surface area contributed by atoms with Crippen molar-refractivity contribution in [2.45, 2.75) is 56.8 Å². The molecule has 1 aliphatic heterocycles. The van der Waals surface area contributed by atoms with E-state index in [4.69, 9.17) is 22.1 Å². The van der Waals surface area contributed by atoms with Crippen LogP contribution < -0.4 is 0 Å². The van der Waals surface area contributed by atoms with Crippen LogP contribution in [0.1, 0.15) is 20.3 Å². The number of hydrogen-bond donors (Lipinski definition) is 1. The average molecular weight is 417 g/mol. The molecule has 0 aliphatic carbocycles. The van der Waals surface area contributed by atoms with Crippen LogP contribution in [0.3, 0.4) is 0 Å². The van der Waals surface area contributed by atoms with Crippen LogP contribution in [0.15, 0.2) is 0 Å². The molecule has 0 spiro atoms. The molecule has 0 bridgehead atoms. The van der Waals surface area contributed by atoms with Crippen molar-refractivity contribution in [3.8, 4) is 0 Å². The second-order valence-electron chi connectivity index (χ2n) is 4.12. The van der Waals surface area contributed by atoms with E-state index in [0.717, 1.165) is 6.42 Å². The quantitative estimate of drug-likeness (QED) is 0.516. The first-order chi connectivity index (χ1) is 7.51. The van der Waals surface area contributed by atoms with E-state index in [-0.39, 0.29) is 32.0 Å². The fourth-order valence-corrected chi connectivity index (χ4v) is 1.95. The molecule has 1 rings (SSSR count). The molecule has 0 aromatic rings. The largest absolute Gasteiger partial charge is 1.00 e. The van der Waals surface area contributed by atoms with Gasteiger partial charge in [0, 0.05) is 13.1 Å². The van der Waals surface area contributed by atoms with Gasteiger partial charge in [0.25, 0.3) is 0 Å². The molecule has 0 saturated carbocycles. The van der Waals surface area contributed by atoms with Crippen LogP contribution in [0.2, 0.25) is 0 Å². The van der Waals surface area contributed by atoms with Gasteiger partial charge in [0.15, 0.2) is 0 Å². The summed E-state index contributed by atoms with van der Waals surface area (Å²) < 4.78 is 16.1. The van der Waals surface area contributed by atoms with Crippen molar-refractivity contribution in [1.29, 1.82) is 0 Å². The number of hydrogen-bond acceptors (Lipinski definition) is 4. The molecule has 1 N–H and O–H groups in total. The molecule has 0 amide bonds. The predicted octanol–water partition coefficient (Wildman–Crippen LogP) is 0.271. The molecule has 1 heterocycles. The van der Waals surface area contributed by atoms with Gasteiger partial charge in [-0.25, -0.2) is 0 Å². The van der Waals surface area contributed by atoms with Crippen LogP contribution in [0.25, 0.3) is 0 Å². The molecule has 3 radical (unpaired) electrons. The predicted molar refractivity (Wildman–Crippen MR) is 61.2 cm³/mol. The summed E-state index contributed by atoms with van der Waals surface area (Å²) in [6, 6.07) is -0.630. The smallest absolute Gasteiger partial charge is 0.411 e. The molecule has 0 aromatic heterocycles. The molecule has 6 atom stereocenters. The summed E-state index contributed by atoms with van der Waals surface area (Å²) in [6.45, 7) is 7.56. The van der Waals surface area contributed by atoms with Gasteiger partial charge in [-0.05, 0) is 19.4 Å². The van der Waals surface area contributed by atoms with Crippen LogP contribution in [0.5, 0.6) is 0 Å². The number of rotatable bonds is 5. The van der Waals surface area contributed by atoms with Crippen LogP contribution in [0, 0.1) is 6.92 Å². The van der Waals surface area contributed by atoms with Gasteiger partial charge in [-0.1, -0.05) is 6.92 Å². The Labute approximate surface area is 118 Å². The van der Waals surface area contributed by atoms with E-state index in [1.807, 2.05) is 13.8 Å². The number of aliphatic hydroxyl groups excluding tert-OH is 1. The summed E-state index contributed by atoms with van der Waals surface area (Å²) in [5.41, 5.74) is 0. The Morgan fingerprint density at radius 1 is 1.53 bits per heavy atom. The Kier molecular flexibility index (Phi) is 8.11. The molecule has 1 saturated heterocycles. The van der Waals surface area contributed by atoms with Crippen LogP contribution in [-0.4, -0.2) is 56.6 Å². The summed E-state index contributed by atoms with van der Waals surface area (Å²) in [5, 5.41) is 9.77. The zero-order valence-electron chi connectivity index (χ0n) is 10.5. The van der Waals surface area contributed by atoms with Gasteiger partial charge < -0.3 is 26.2 Å². The van der Waals surface area contributed by atoms with E-state index >= 15 is 0 Å². The van der Waals surface area contributed by atoms with E-state index in [2.05, 4.69) is 6.92 Å². The molecule has 0 aromatic carbocycles. The minimum Gasteiger partial charge on any atom is -0.411 e. The van der Waals surface area contributed by atoms with Crippen LogP contribution >= 0.6 is 0 Å². The Hall–Kier alpha value is 0.541. The zero-order chi connectivity index (χ0) is 12.3. The molecular formula is C11H20BO4Os. The Balaban J connectivity index is 0.00000256.